The summed E-state index contributed by atoms with van der Waals surface area (Å²) in [7, 11) is -9.91. The summed E-state index contributed by atoms with van der Waals surface area (Å²) in [6.07, 6.45) is 44.0. The molecule has 19 heteroatoms. The number of aliphatic hydroxyl groups is 1. The Morgan fingerprint density at radius 2 is 0.678 bits per heavy atom. The van der Waals surface area contributed by atoms with E-state index in [1.807, 2.05) is 0 Å². The summed E-state index contributed by atoms with van der Waals surface area (Å²) in [6, 6.07) is 0. The summed E-state index contributed by atoms with van der Waals surface area (Å²) < 4.78 is 68.1. The second-order valence-corrected chi connectivity index (χ2v) is 27.7. The Hall–Kier alpha value is -2.46. The first-order valence-electron chi connectivity index (χ1n) is 34.7. The highest BCUT2D eigenvalue weighted by Gasteiger charge is 2.30. The topological polar surface area (TPSA) is 237 Å². The third-order valence-corrected chi connectivity index (χ3v) is 17.6. The first kappa shape index (κ1) is 84.5. The van der Waals surface area contributed by atoms with Gasteiger partial charge in [-0.25, -0.2) is 9.13 Å². The predicted octanol–water partition coefficient (Wildman–Crippen LogP) is 18.6. The number of rotatable bonds is 64. The van der Waals surface area contributed by atoms with Crippen LogP contribution in [0.5, 0.6) is 0 Å². The maximum Gasteiger partial charge on any atom is 0.472 e. The van der Waals surface area contributed by atoms with E-state index in [1.54, 1.807) is 0 Å². The second kappa shape index (κ2) is 58.6. The van der Waals surface area contributed by atoms with Crippen LogP contribution in [0.3, 0.4) is 0 Å². The zero-order valence-corrected chi connectivity index (χ0v) is 57.7. The van der Waals surface area contributed by atoms with Crippen LogP contribution < -0.4 is 0 Å². The predicted molar refractivity (Wildman–Crippen MR) is 349 cm³/mol. The molecule has 0 aromatic rings. The third kappa shape index (κ3) is 59.6. The van der Waals surface area contributed by atoms with Crippen molar-refractivity contribution in [3.8, 4) is 0 Å². The fourth-order valence-electron chi connectivity index (χ4n) is 9.58. The number of carbonyl (C=O) groups is 4. The first-order valence-corrected chi connectivity index (χ1v) is 37.7. The zero-order chi connectivity index (χ0) is 64.5. The third-order valence-electron chi connectivity index (χ3n) is 15.7. The number of hydrogen-bond donors (Lipinski definition) is 3. The average molecular weight is 1280 g/mol. The van der Waals surface area contributed by atoms with E-state index in [-0.39, 0.29) is 25.7 Å². The number of aliphatic hydroxyl groups excluding tert-OH is 1. The highest BCUT2D eigenvalue weighted by Crippen LogP contribution is 2.45. The SMILES string of the molecule is CCCCCC/C=C\C=C/CCCCCCCC(=O)OC[C@H](COP(=O)(O)OC[C@@H](O)COP(=O)(O)OC[C@@H](COC(=O)CCCCCCCCC(C)CC)OC(=O)CCCCCCCCCCC(C)CC)OC(=O)CCCCCCCCCC(C)C. The molecule has 0 aliphatic heterocycles. The van der Waals surface area contributed by atoms with Crippen LogP contribution in [-0.2, 0) is 65.4 Å². The van der Waals surface area contributed by atoms with Crippen LogP contribution in [0.15, 0.2) is 24.3 Å². The maximum absolute atomic E-state index is 13.0. The number of esters is 4. The molecule has 0 fully saturated rings. The molecule has 0 spiro atoms. The molecule has 0 heterocycles. The van der Waals surface area contributed by atoms with E-state index >= 15 is 0 Å². The lowest BCUT2D eigenvalue weighted by Crippen LogP contribution is -2.30. The van der Waals surface area contributed by atoms with Crippen molar-refractivity contribution in [1.29, 1.82) is 0 Å². The molecule has 0 amide bonds. The van der Waals surface area contributed by atoms with Crippen LogP contribution >= 0.6 is 15.6 Å². The molecule has 512 valence electrons. The van der Waals surface area contributed by atoms with Gasteiger partial charge < -0.3 is 33.8 Å². The van der Waals surface area contributed by atoms with Gasteiger partial charge >= 0.3 is 39.5 Å². The molecule has 0 rings (SSSR count). The van der Waals surface area contributed by atoms with Gasteiger partial charge in [-0.2, -0.15) is 0 Å². The van der Waals surface area contributed by atoms with Gasteiger partial charge in [0.05, 0.1) is 26.4 Å². The van der Waals surface area contributed by atoms with Gasteiger partial charge in [-0.05, 0) is 69.1 Å². The number of carbonyl (C=O) groups excluding carboxylic acids is 4. The van der Waals surface area contributed by atoms with Crippen LogP contribution in [-0.4, -0.2) is 96.7 Å². The molecule has 0 aromatic carbocycles. The van der Waals surface area contributed by atoms with E-state index in [9.17, 15) is 43.2 Å². The molecule has 3 N–H and O–H groups in total. The molecule has 7 atom stereocenters. The summed E-state index contributed by atoms with van der Waals surface area (Å²) in [6.45, 7) is 11.6. The standard InChI is InChI=1S/C68H128O17P2/c1-8-11-12-13-14-15-16-17-18-19-20-21-27-35-42-49-65(70)78-55-63(85-68(73)52-45-38-29-24-25-32-39-46-59(4)5)57-82-86(74,75)80-53-62(69)54-81-87(76,77)83-58-64(56-79-66(71)50-43-36-31-30-34-41-48-61(7)10-3)84-67(72)51-44-37-28-23-22-26-33-40-47-60(6)9-2/h15-18,59-64,69H,8-14,19-58H2,1-7H3,(H,74,75)(H,76,77)/b16-15-,18-17-/t60?,61?,62-,63-,64-/m1/s1. The monoisotopic (exact) mass is 1280 g/mol. The molecule has 17 nitrogen and oxygen atoms in total. The van der Waals surface area contributed by atoms with Crippen molar-refractivity contribution in [1.82, 2.24) is 0 Å². The molecular weight excluding hydrogens is 1150 g/mol. The number of unbranched alkanes of at least 4 members (excludes halogenated alkanes) is 27. The van der Waals surface area contributed by atoms with Gasteiger partial charge in [-0.15, -0.1) is 0 Å². The lowest BCUT2D eigenvalue weighted by atomic mass is 9.99. The van der Waals surface area contributed by atoms with Gasteiger partial charge in [0.1, 0.15) is 19.3 Å². The molecule has 0 aromatic heterocycles. The molecule has 0 saturated carbocycles. The Morgan fingerprint density at radius 1 is 0.379 bits per heavy atom. The van der Waals surface area contributed by atoms with E-state index in [0.29, 0.717) is 31.6 Å². The smallest absolute Gasteiger partial charge is 0.462 e. The van der Waals surface area contributed by atoms with E-state index in [4.69, 9.17) is 37.0 Å². The molecule has 0 radical (unpaired) electrons. The van der Waals surface area contributed by atoms with Gasteiger partial charge in [-0.3, -0.25) is 37.3 Å². The van der Waals surface area contributed by atoms with Crippen LogP contribution in [0.1, 0.15) is 312 Å². The number of phosphoric ester groups is 2. The van der Waals surface area contributed by atoms with Gasteiger partial charge in [0, 0.05) is 25.7 Å². The number of phosphoric acid groups is 2. The number of hydrogen-bond acceptors (Lipinski definition) is 15. The molecule has 0 bridgehead atoms. The van der Waals surface area contributed by atoms with Crippen LogP contribution in [0.25, 0.3) is 0 Å². The van der Waals surface area contributed by atoms with Crippen molar-refractivity contribution in [3.05, 3.63) is 24.3 Å². The number of allylic oxidation sites excluding steroid dienone is 4. The molecule has 0 aliphatic carbocycles. The maximum atomic E-state index is 13.0. The zero-order valence-electron chi connectivity index (χ0n) is 56.0. The van der Waals surface area contributed by atoms with E-state index in [2.05, 4.69) is 72.8 Å². The Morgan fingerprint density at radius 3 is 1.02 bits per heavy atom. The van der Waals surface area contributed by atoms with Gasteiger partial charge in [0.2, 0.25) is 0 Å². The van der Waals surface area contributed by atoms with Crippen molar-refractivity contribution in [3.63, 3.8) is 0 Å². The van der Waals surface area contributed by atoms with E-state index in [0.717, 1.165) is 127 Å². The Bertz CT molecular complexity index is 1810. The van der Waals surface area contributed by atoms with E-state index in [1.165, 1.54) is 96.3 Å². The average Bonchev–Trinajstić information content (AvgIpc) is 3.57. The van der Waals surface area contributed by atoms with Crippen LogP contribution in [0.2, 0.25) is 0 Å². The second-order valence-electron chi connectivity index (χ2n) is 24.8. The fourth-order valence-corrected chi connectivity index (χ4v) is 11.2. The molecule has 87 heavy (non-hydrogen) atoms. The lowest BCUT2D eigenvalue weighted by Gasteiger charge is -2.21. The molecule has 0 saturated heterocycles. The normalized spacial score (nSPS) is 15.1. The summed E-state index contributed by atoms with van der Waals surface area (Å²) in [5, 5.41) is 10.6. The summed E-state index contributed by atoms with van der Waals surface area (Å²) in [4.78, 5) is 72.4. The quantitative estimate of drug-likeness (QED) is 0.0169. The fraction of sp³-hybridized carbons (Fsp3) is 0.882. The van der Waals surface area contributed by atoms with Gasteiger partial charge in [0.25, 0.3) is 0 Å². The van der Waals surface area contributed by atoms with Gasteiger partial charge in [-0.1, -0.05) is 259 Å². The van der Waals surface area contributed by atoms with Crippen LogP contribution in [0.4, 0.5) is 0 Å². The summed E-state index contributed by atoms with van der Waals surface area (Å²) in [5.41, 5.74) is 0. The Kier molecular flexibility index (Phi) is 57.0. The first-order chi connectivity index (χ1) is 41.8. The van der Waals surface area contributed by atoms with Crippen molar-refractivity contribution in [2.75, 3.05) is 39.6 Å². The summed E-state index contributed by atoms with van der Waals surface area (Å²) >= 11 is 0. The van der Waals surface area contributed by atoms with E-state index < -0.39 is 97.5 Å². The van der Waals surface area contributed by atoms with Crippen molar-refractivity contribution < 1.29 is 80.2 Å². The highest BCUT2D eigenvalue weighted by molar-refractivity contribution is 7.47. The van der Waals surface area contributed by atoms with Crippen molar-refractivity contribution in [2.24, 2.45) is 17.8 Å². The number of ether oxygens (including phenoxy) is 4. The molecule has 4 unspecified atom stereocenters. The van der Waals surface area contributed by atoms with Crippen molar-refractivity contribution >= 4 is 39.5 Å². The Balaban J connectivity index is 5.28. The molecular formula is C68H128O17P2. The minimum Gasteiger partial charge on any atom is -0.462 e. The molecule has 0 aliphatic rings. The lowest BCUT2D eigenvalue weighted by molar-refractivity contribution is -0.161. The highest BCUT2D eigenvalue weighted by atomic mass is 31.2. The van der Waals surface area contributed by atoms with Crippen LogP contribution in [0, 0.1) is 17.8 Å². The van der Waals surface area contributed by atoms with Gasteiger partial charge in [0.15, 0.2) is 12.2 Å². The van der Waals surface area contributed by atoms with Crippen molar-refractivity contribution in [2.45, 2.75) is 330 Å². The minimum atomic E-state index is -4.96. The minimum absolute atomic E-state index is 0.0960. The summed E-state index contributed by atoms with van der Waals surface area (Å²) in [5.74, 6) is 0.0245. The largest absolute Gasteiger partial charge is 0.472 e. The Labute approximate surface area is 529 Å².